The van der Waals surface area contributed by atoms with Gasteiger partial charge in [-0.25, -0.2) is 0 Å². The quantitative estimate of drug-likeness (QED) is 0.497. The van der Waals surface area contributed by atoms with E-state index in [1.54, 1.807) is 0 Å². The molecule has 0 aliphatic carbocycles. The van der Waals surface area contributed by atoms with E-state index in [1.165, 1.54) is 12.1 Å². The number of ether oxygens (including phenoxy) is 1. The number of hydrogen-bond donors (Lipinski definition) is 2. The van der Waals surface area contributed by atoms with Crippen molar-refractivity contribution in [2.24, 2.45) is 16.8 Å². The van der Waals surface area contributed by atoms with Gasteiger partial charge in [0.2, 0.25) is 0 Å². The van der Waals surface area contributed by atoms with Gasteiger partial charge in [-0.15, -0.1) is 0 Å². The molecule has 1 aromatic rings. The first-order valence-electron chi connectivity index (χ1n) is 10.7. The third-order valence-electron chi connectivity index (χ3n) is 5.24. The van der Waals surface area contributed by atoms with E-state index >= 15 is 0 Å². The van der Waals surface area contributed by atoms with Gasteiger partial charge >= 0.3 is 0 Å². The Morgan fingerprint density at radius 2 is 1.86 bits per heavy atom. The zero-order valence-corrected chi connectivity index (χ0v) is 18.7. The smallest absolute Gasteiger partial charge is 0.191 e. The average molecular weight is 393 g/mol. The lowest BCUT2D eigenvalue weighted by Crippen LogP contribution is -2.51. The highest BCUT2D eigenvalue weighted by molar-refractivity contribution is 5.79. The zero-order valence-electron chi connectivity index (χ0n) is 18.7. The van der Waals surface area contributed by atoms with Crippen LogP contribution in [0.3, 0.4) is 0 Å². The molecular formula is C21H40N6O. The highest BCUT2D eigenvalue weighted by atomic mass is 16.5. The molecule has 2 heterocycles. The van der Waals surface area contributed by atoms with E-state index in [9.17, 15) is 0 Å². The third kappa shape index (κ3) is 7.43. The Balaban J connectivity index is 1.80. The summed E-state index contributed by atoms with van der Waals surface area (Å²) in [5.41, 5.74) is 2.29. The lowest BCUT2D eigenvalue weighted by Gasteiger charge is -2.35. The molecule has 1 aromatic heterocycles. The molecule has 1 aliphatic heterocycles. The fourth-order valence-electron chi connectivity index (χ4n) is 3.77. The number of morpholine rings is 1. The Bertz CT molecular complexity index is 606. The van der Waals surface area contributed by atoms with Crippen LogP contribution < -0.4 is 10.6 Å². The topological polar surface area (TPSA) is 66.7 Å². The Morgan fingerprint density at radius 1 is 1.18 bits per heavy atom. The van der Waals surface area contributed by atoms with Crippen molar-refractivity contribution in [2.75, 3.05) is 46.4 Å². The molecule has 0 saturated carbocycles. The van der Waals surface area contributed by atoms with Gasteiger partial charge in [0.15, 0.2) is 5.96 Å². The summed E-state index contributed by atoms with van der Waals surface area (Å²) in [7, 11) is 1.84. The number of aryl methyl sites for hydroxylation is 2. The van der Waals surface area contributed by atoms with Crippen LogP contribution in [0.5, 0.6) is 0 Å². The predicted molar refractivity (Wildman–Crippen MR) is 116 cm³/mol. The van der Waals surface area contributed by atoms with Crippen LogP contribution in [0.25, 0.3) is 0 Å². The molecule has 160 valence electrons. The second-order valence-corrected chi connectivity index (χ2v) is 8.48. The van der Waals surface area contributed by atoms with Crippen LogP contribution in [0.4, 0.5) is 0 Å². The second kappa shape index (κ2) is 11.4. The van der Waals surface area contributed by atoms with Gasteiger partial charge in [0.1, 0.15) is 0 Å². The average Bonchev–Trinajstić information content (AvgIpc) is 2.98. The number of aromatic nitrogens is 2. The standard InChI is InChI=1S/C21H40N6O/c1-16(2)11-20(26-7-9-28-10-8-26)14-24-21(22-6)23-13-17(3)15-27-19(5)12-18(4)25-27/h12,16-17,20H,7-11,13-15H2,1-6H3,(H2,22,23,24). The lowest BCUT2D eigenvalue weighted by molar-refractivity contribution is 0.0132. The van der Waals surface area contributed by atoms with E-state index in [2.05, 4.69) is 64.1 Å². The maximum absolute atomic E-state index is 5.52. The van der Waals surface area contributed by atoms with Gasteiger partial charge in [0.25, 0.3) is 0 Å². The highest BCUT2D eigenvalue weighted by Crippen LogP contribution is 2.13. The Kier molecular flexibility index (Phi) is 9.25. The lowest BCUT2D eigenvalue weighted by atomic mass is 10.0. The minimum absolute atomic E-state index is 0.460. The van der Waals surface area contributed by atoms with E-state index in [4.69, 9.17) is 4.74 Å². The van der Waals surface area contributed by atoms with Gasteiger partial charge in [-0.3, -0.25) is 14.6 Å². The normalized spacial score (nSPS) is 18.3. The van der Waals surface area contributed by atoms with Crippen LogP contribution >= 0.6 is 0 Å². The molecule has 0 amide bonds. The summed E-state index contributed by atoms with van der Waals surface area (Å²) in [6.07, 6.45) is 1.18. The van der Waals surface area contributed by atoms with E-state index in [0.29, 0.717) is 17.9 Å². The molecule has 1 saturated heterocycles. The molecule has 2 rings (SSSR count). The van der Waals surface area contributed by atoms with E-state index < -0.39 is 0 Å². The molecule has 0 radical (unpaired) electrons. The molecule has 1 fully saturated rings. The molecule has 2 unspecified atom stereocenters. The molecule has 7 heteroatoms. The van der Waals surface area contributed by atoms with Gasteiger partial charge in [0.05, 0.1) is 18.9 Å². The van der Waals surface area contributed by atoms with E-state index in [-0.39, 0.29) is 0 Å². The maximum atomic E-state index is 5.52. The van der Waals surface area contributed by atoms with Crippen LogP contribution in [0.15, 0.2) is 11.1 Å². The van der Waals surface area contributed by atoms with Crippen LogP contribution in [0.2, 0.25) is 0 Å². The summed E-state index contributed by atoms with van der Waals surface area (Å²) in [5, 5.41) is 11.6. The fraction of sp³-hybridized carbons (Fsp3) is 0.810. The van der Waals surface area contributed by atoms with Crippen molar-refractivity contribution in [1.29, 1.82) is 0 Å². The monoisotopic (exact) mass is 392 g/mol. The molecule has 0 bridgehead atoms. The molecule has 2 atom stereocenters. The second-order valence-electron chi connectivity index (χ2n) is 8.48. The van der Waals surface area contributed by atoms with Crippen LogP contribution in [0.1, 0.15) is 38.6 Å². The third-order valence-corrected chi connectivity index (χ3v) is 5.24. The number of hydrogen-bond acceptors (Lipinski definition) is 4. The van der Waals surface area contributed by atoms with Crippen LogP contribution in [-0.2, 0) is 11.3 Å². The van der Waals surface area contributed by atoms with Crippen LogP contribution in [-0.4, -0.2) is 73.1 Å². The molecule has 0 aromatic carbocycles. The van der Waals surface area contributed by atoms with Crippen molar-refractivity contribution in [3.05, 3.63) is 17.5 Å². The molecular weight excluding hydrogens is 352 g/mol. The first-order chi connectivity index (χ1) is 13.4. The summed E-state index contributed by atoms with van der Waals surface area (Å²) >= 11 is 0. The zero-order chi connectivity index (χ0) is 20.5. The Hall–Kier alpha value is -1.60. The van der Waals surface area contributed by atoms with Crippen molar-refractivity contribution in [3.63, 3.8) is 0 Å². The Labute approximate surface area is 170 Å². The van der Waals surface area contributed by atoms with Gasteiger partial charge < -0.3 is 15.4 Å². The predicted octanol–water partition coefficient (Wildman–Crippen LogP) is 2.05. The van der Waals surface area contributed by atoms with Crippen molar-refractivity contribution >= 4 is 5.96 Å². The van der Waals surface area contributed by atoms with Crippen molar-refractivity contribution in [3.8, 4) is 0 Å². The molecule has 2 N–H and O–H groups in total. The minimum atomic E-state index is 0.460. The maximum Gasteiger partial charge on any atom is 0.191 e. The largest absolute Gasteiger partial charge is 0.379 e. The first-order valence-corrected chi connectivity index (χ1v) is 10.7. The highest BCUT2D eigenvalue weighted by Gasteiger charge is 2.22. The fourth-order valence-corrected chi connectivity index (χ4v) is 3.77. The summed E-state index contributed by atoms with van der Waals surface area (Å²) in [4.78, 5) is 6.96. The van der Waals surface area contributed by atoms with Crippen molar-refractivity contribution < 1.29 is 4.74 Å². The minimum Gasteiger partial charge on any atom is -0.379 e. The number of nitrogens with zero attached hydrogens (tertiary/aromatic N) is 4. The summed E-state index contributed by atoms with van der Waals surface area (Å²) in [5.74, 6) is 2.01. The van der Waals surface area contributed by atoms with Gasteiger partial charge in [-0.05, 0) is 38.2 Å². The Morgan fingerprint density at radius 3 is 2.43 bits per heavy atom. The van der Waals surface area contributed by atoms with Crippen molar-refractivity contribution in [1.82, 2.24) is 25.3 Å². The summed E-state index contributed by atoms with van der Waals surface area (Å²) in [6, 6.07) is 2.63. The molecule has 0 spiro atoms. The van der Waals surface area contributed by atoms with Crippen molar-refractivity contribution in [2.45, 2.75) is 53.6 Å². The summed E-state index contributed by atoms with van der Waals surface area (Å²) < 4.78 is 7.61. The number of guanidine groups is 1. The van der Waals surface area contributed by atoms with Gasteiger partial charge in [-0.1, -0.05) is 20.8 Å². The molecule has 7 nitrogen and oxygen atoms in total. The van der Waals surface area contributed by atoms with Crippen LogP contribution in [0, 0.1) is 25.7 Å². The molecule has 1 aliphatic rings. The van der Waals surface area contributed by atoms with Gasteiger partial charge in [-0.2, -0.15) is 5.10 Å². The van der Waals surface area contributed by atoms with E-state index in [0.717, 1.165) is 57.6 Å². The first kappa shape index (κ1) is 22.7. The van der Waals surface area contributed by atoms with Gasteiger partial charge in [0, 0.05) is 51.5 Å². The number of rotatable bonds is 9. The number of aliphatic imine (C=N–C) groups is 1. The summed E-state index contributed by atoms with van der Waals surface area (Å²) in [6.45, 7) is 17.4. The molecule has 28 heavy (non-hydrogen) atoms. The SMILES string of the molecule is CN=C(NCC(C)Cn1nc(C)cc1C)NCC(CC(C)C)N1CCOCC1. The van der Waals surface area contributed by atoms with E-state index in [1.807, 2.05) is 14.0 Å². The number of nitrogens with one attached hydrogen (secondary N) is 2.